The number of para-hydroxylation sites is 1. The fourth-order valence-electron chi connectivity index (χ4n) is 3.89. The van der Waals surface area contributed by atoms with Gasteiger partial charge in [-0.1, -0.05) is 48.5 Å². The van der Waals surface area contributed by atoms with Crippen LogP contribution in [0.15, 0.2) is 67.0 Å². The number of anilines is 1. The number of carbonyl (C=O) groups excluding carboxylic acids is 2. The fraction of sp³-hybridized carbons (Fsp3) is 0.190. The zero-order valence-corrected chi connectivity index (χ0v) is 14.7. The van der Waals surface area contributed by atoms with E-state index >= 15 is 0 Å². The molecule has 134 valence electrons. The van der Waals surface area contributed by atoms with Gasteiger partial charge in [-0.25, -0.2) is 14.7 Å². The Kier molecular flexibility index (Phi) is 3.57. The molecule has 2 aliphatic heterocycles. The quantitative estimate of drug-likeness (QED) is 0.677. The monoisotopic (exact) mass is 358 g/mol. The van der Waals surface area contributed by atoms with E-state index in [1.807, 2.05) is 42.7 Å². The van der Waals surface area contributed by atoms with Gasteiger partial charge in [-0.05, 0) is 17.7 Å². The van der Waals surface area contributed by atoms with E-state index in [0.717, 1.165) is 11.4 Å². The lowest BCUT2D eigenvalue weighted by atomic mass is 10.0. The first-order chi connectivity index (χ1) is 13.2. The van der Waals surface area contributed by atoms with Gasteiger partial charge in [-0.15, -0.1) is 0 Å². The van der Waals surface area contributed by atoms with Gasteiger partial charge in [0.1, 0.15) is 6.04 Å². The van der Waals surface area contributed by atoms with Gasteiger partial charge in [0.25, 0.3) is 5.91 Å². The highest BCUT2D eigenvalue weighted by Gasteiger charge is 2.48. The Hall–Kier alpha value is -3.41. The molecular weight excluding hydrogens is 340 g/mol. The molecule has 6 nitrogen and oxygen atoms in total. The maximum Gasteiger partial charge on any atom is 0.332 e. The molecule has 5 rings (SSSR count). The Morgan fingerprint density at radius 2 is 1.67 bits per heavy atom. The van der Waals surface area contributed by atoms with E-state index in [1.54, 1.807) is 17.0 Å². The minimum atomic E-state index is -0.467. The Bertz CT molecular complexity index is 1010. The highest BCUT2D eigenvalue weighted by Crippen LogP contribution is 2.32. The highest BCUT2D eigenvalue weighted by atomic mass is 16.2. The summed E-state index contributed by atoms with van der Waals surface area (Å²) in [6.45, 7) is 1.10. The third-order valence-electron chi connectivity index (χ3n) is 5.27. The van der Waals surface area contributed by atoms with Crippen LogP contribution in [0.3, 0.4) is 0 Å². The highest BCUT2D eigenvalue weighted by molar-refractivity contribution is 6.21. The molecule has 1 atom stereocenters. The van der Waals surface area contributed by atoms with Crippen molar-refractivity contribution in [3.8, 4) is 0 Å². The van der Waals surface area contributed by atoms with E-state index in [4.69, 9.17) is 0 Å². The van der Waals surface area contributed by atoms with Crippen LogP contribution in [0.25, 0.3) is 0 Å². The number of hydrogen-bond acceptors (Lipinski definition) is 3. The summed E-state index contributed by atoms with van der Waals surface area (Å²) < 4.78 is 2.07. The molecule has 27 heavy (non-hydrogen) atoms. The number of imidazole rings is 1. The molecule has 1 fully saturated rings. The van der Waals surface area contributed by atoms with Crippen molar-refractivity contribution in [2.75, 3.05) is 4.90 Å². The average Bonchev–Trinajstić information content (AvgIpc) is 3.21. The molecule has 2 aliphatic rings. The summed E-state index contributed by atoms with van der Waals surface area (Å²) >= 11 is 0. The first-order valence-electron chi connectivity index (χ1n) is 8.99. The number of aromatic nitrogens is 2. The van der Waals surface area contributed by atoms with Crippen LogP contribution in [-0.4, -0.2) is 32.4 Å². The maximum absolute atomic E-state index is 13.0. The van der Waals surface area contributed by atoms with Gasteiger partial charge in [-0.3, -0.25) is 4.79 Å². The number of hydrogen-bond donors (Lipinski definition) is 0. The lowest BCUT2D eigenvalue weighted by molar-refractivity contribution is -0.120. The van der Waals surface area contributed by atoms with Crippen molar-refractivity contribution in [3.63, 3.8) is 0 Å². The number of carbonyl (C=O) groups is 2. The van der Waals surface area contributed by atoms with E-state index in [0.29, 0.717) is 25.2 Å². The number of benzene rings is 2. The van der Waals surface area contributed by atoms with Gasteiger partial charge in [0, 0.05) is 13.0 Å². The second-order valence-electron chi connectivity index (χ2n) is 6.89. The molecule has 0 unspecified atom stereocenters. The van der Waals surface area contributed by atoms with Gasteiger partial charge < -0.3 is 9.47 Å². The van der Waals surface area contributed by atoms with E-state index in [-0.39, 0.29) is 11.9 Å². The van der Waals surface area contributed by atoms with Crippen molar-refractivity contribution in [1.82, 2.24) is 14.5 Å². The van der Waals surface area contributed by atoms with Crippen LogP contribution in [0.5, 0.6) is 0 Å². The van der Waals surface area contributed by atoms with Crippen LogP contribution in [0.1, 0.15) is 17.0 Å². The van der Waals surface area contributed by atoms with Gasteiger partial charge in [-0.2, -0.15) is 0 Å². The molecule has 3 aromatic rings. The predicted molar refractivity (Wildman–Crippen MR) is 100 cm³/mol. The maximum atomic E-state index is 13.0. The number of imide groups is 1. The SMILES string of the molecule is O=C1[C@@H]2Cc3ncn(Cc4ccccc4)c3CN2C(=O)N1c1ccccc1. The molecular formula is C21H18N4O2. The Labute approximate surface area is 156 Å². The van der Waals surface area contributed by atoms with Crippen LogP contribution >= 0.6 is 0 Å². The lowest BCUT2D eigenvalue weighted by Gasteiger charge is -2.27. The van der Waals surface area contributed by atoms with Crippen molar-refractivity contribution in [2.24, 2.45) is 0 Å². The van der Waals surface area contributed by atoms with Crippen molar-refractivity contribution < 1.29 is 9.59 Å². The van der Waals surface area contributed by atoms with Crippen molar-refractivity contribution >= 4 is 17.6 Å². The lowest BCUT2D eigenvalue weighted by Crippen LogP contribution is -2.40. The van der Waals surface area contributed by atoms with Crippen LogP contribution in [0, 0.1) is 0 Å². The second-order valence-corrected chi connectivity index (χ2v) is 6.89. The number of nitrogens with zero attached hydrogens (tertiary/aromatic N) is 4. The van der Waals surface area contributed by atoms with Gasteiger partial charge in [0.15, 0.2) is 0 Å². The topological polar surface area (TPSA) is 58.4 Å². The van der Waals surface area contributed by atoms with Gasteiger partial charge in [0.2, 0.25) is 0 Å². The summed E-state index contributed by atoms with van der Waals surface area (Å²) in [5, 5.41) is 0. The van der Waals surface area contributed by atoms with Crippen LogP contribution in [-0.2, 0) is 24.3 Å². The first-order valence-corrected chi connectivity index (χ1v) is 8.99. The molecule has 0 N–H and O–H groups in total. The van der Waals surface area contributed by atoms with Crippen molar-refractivity contribution in [1.29, 1.82) is 0 Å². The third-order valence-corrected chi connectivity index (χ3v) is 5.27. The molecule has 0 spiro atoms. The standard InChI is InChI=1S/C21H18N4O2/c26-20-18-11-17-19(23(14-22-17)12-15-7-3-1-4-8-15)13-24(18)21(27)25(20)16-9-5-2-6-10-16/h1-10,14,18H,11-13H2/t18-/m0/s1. The van der Waals surface area contributed by atoms with E-state index in [1.165, 1.54) is 10.5 Å². The molecule has 0 radical (unpaired) electrons. The summed E-state index contributed by atoms with van der Waals surface area (Å²) in [4.78, 5) is 33.3. The Morgan fingerprint density at radius 3 is 2.41 bits per heavy atom. The largest absolute Gasteiger partial charge is 0.332 e. The number of urea groups is 1. The molecule has 3 heterocycles. The smallest absolute Gasteiger partial charge is 0.328 e. The molecule has 2 aromatic carbocycles. The van der Waals surface area contributed by atoms with Crippen LogP contribution in [0.4, 0.5) is 10.5 Å². The number of fused-ring (bicyclic) bond motifs is 2. The average molecular weight is 358 g/mol. The van der Waals surface area contributed by atoms with E-state index in [9.17, 15) is 9.59 Å². The minimum absolute atomic E-state index is 0.172. The molecule has 1 aromatic heterocycles. The first kappa shape index (κ1) is 15.8. The number of rotatable bonds is 3. The molecule has 3 amide bonds. The molecule has 6 heteroatoms. The molecule has 0 aliphatic carbocycles. The summed E-state index contributed by atoms with van der Waals surface area (Å²) in [5.74, 6) is -0.172. The fourth-order valence-corrected chi connectivity index (χ4v) is 3.89. The minimum Gasteiger partial charge on any atom is -0.328 e. The molecule has 0 bridgehead atoms. The molecule has 1 saturated heterocycles. The zero-order chi connectivity index (χ0) is 18.4. The normalized spacial score (nSPS) is 18.6. The Morgan fingerprint density at radius 1 is 0.963 bits per heavy atom. The van der Waals surface area contributed by atoms with E-state index < -0.39 is 6.04 Å². The summed E-state index contributed by atoms with van der Waals surface area (Å²) in [5.41, 5.74) is 3.70. The molecule has 0 saturated carbocycles. The predicted octanol–water partition coefficient (Wildman–Crippen LogP) is 2.82. The second kappa shape index (κ2) is 6.09. The van der Waals surface area contributed by atoms with Crippen LogP contribution in [0.2, 0.25) is 0 Å². The van der Waals surface area contributed by atoms with E-state index in [2.05, 4.69) is 21.7 Å². The zero-order valence-electron chi connectivity index (χ0n) is 14.7. The third kappa shape index (κ3) is 2.52. The van der Waals surface area contributed by atoms with Crippen molar-refractivity contribution in [2.45, 2.75) is 25.6 Å². The van der Waals surface area contributed by atoms with Gasteiger partial charge >= 0.3 is 6.03 Å². The van der Waals surface area contributed by atoms with Crippen molar-refractivity contribution in [3.05, 3.63) is 83.9 Å². The Balaban J connectivity index is 1.45. The summed E-state index contributed by atoms with van der Waals surface area (Å²) in [7, 11) is 0. The van der Waals surface area contributed by atoms with Gasteiger partial charge in [0.05, 0.1) is 29.9 Å². The summed E-state index contributed by atoms with van der Waals surface area (Å²) in [6, 6.07) is 18.5. The van der Waals surface area contributed by atoms with Crippen LogP contribution < -0.4 is 4.90 Å². The number of amides is 3. The summed E-state index contributed by atoms with van der Waals surface area (Å²) in [6.07, 6.45) is 2.27.